The molecule has 2 aromatic rings. The highest BCUT2D eigenvalue weighted by atomic mass is 35.5. The predicted molar refractivity (Wildman–Crippen MR) is 69.9 cm³/mol. The van der Waals surface area contributed by atoms with Gasteiger partial charge in [0.1, 0.15) is 5.82 Å². The van der Waals surface area contributed by atoms with Gasteiger partial charge in [0.25, 0.3) is 0 Å². The molecule has 1 heterocycles. The topological polar surface area (TPSA) is 30.9 Å². The molecule has 0 saturated heterocycles. The van der Waals surface area contributed by atoms with Gasteiger partial charge in [-0.05, 0) is 31.0 Å². The Bertz CT molecular complexity index is 546. The van der Waals surface area contributed by atoms with E-state index in [2.05, 4.69) is 6.92 Å². The highest BCUT2D eigenvalue weighted by Gasteiger charge is 2.11. The van der Waals surface area contributed by atoms with Crippen molar-refractivity contribution < 1.29 is 4.39 Å². The van der Waals surface area contributed by atoms with E-state index in [1.165, 1.54) is 6.07 Å². The number of fused-ring (bicyclic) bond motifs is 1. The van der Waals surface area contributed by atoms with E-state index >= 15 is 0 Å². The molecule has 17 heavy (non-hydrogen) atoms. The lowest BCUT2D eigenvalue weighted by molar-refractivity contribution is 0.603. The monoisotopic (exact) mass is 254 g/mol. The van der Waals surface area contributed by atoms with E-state index in [0.29, 0.717) is 6.54 Å². The van der Waals surface area contributed by atoms with E-state index in [1.54, 1.807) is 6.07 Å². The second-order valence-electron chi connectivity index (χ2n) is 4.42. The summed E-state index contributed by atoms with van der Waals surface area (Å²) in [7, 11) is 0. The Morgan fingerprint density at radius 2 is 2.18 bits per heavy atom. The maximum absolute atomic E-state index is 13.5. The molecule has 0 spiro atoms. The van der Waals surface area contributed by atoms with Crippen molar-refractivity contribution in [3.63, 3.8) is 0 Å². The van der Waals surface area contributed by atoms with Crippen LogP contribution in [-0.2, 0) is 13.0 Å². The van der Waals surface area contributed by atoms with E-state index in [4.69, 9.17) is 17.3 Å². The molecule has 2 nitrogen and oxygen atoms in total. The lowest BCUT2D eigenvalue weighted by Gasteiger charge is -2.08. The van der Waals surface area contributed by atoms with Crippen molar-refractivity contribution in [2.75, 3.05) is 0 Å². The summed E-state index contributed by atoms with van der Waals surface area (Å²) in [5.74, 6) is -0.368. The van der Waals surface area contributed by atoms with Crippen molar-refractivity contribution >= 4 is 22.5 Å². The van der Waals surface area contributed by atoms with Gasteiger partial charge in [0.15, 0.2) is 0 Å². The van der Waals surface area contributed by atoms with Crippen LogP contribution in [0, 0.1) is 5.82 Å². The summed E-state index contributed by atoms with van der Waals surface area (Å²) in [6.07, 6.45) is 2.90. The Morgan fingerprint density at radius 1 is 1.47 bits per heavy atom. The lowest BCUT2D eigenvalue weighted by Crippen LogP contribution is -2.21. The van der Waals surface area contributed by atoms with Crippen molar-refractivity contribution in [1.29, 1.82) is 0 Å². The van der Waals surface area contributed by atoms with Gasteiger partial charge < -0.3 is 10.3 Å². The summed E-state index contributed by atoms with van der Waals surface area (Å²) in [6, 6.07) is 3.24. The van der Waals surface area contributed by atoms with Crippen LogP contribution in [0.2, 0.25) is 5.02 Å². The van der Waals surface area contributed by atoms with E-state index in [0.717, 1.165) is 22.9 Å². The summed E-state index contributed by atoms with van der Waals surface area (Å²) < 4.78 is 15.5. The minimum Gasteiger partial charge on any atom is -0.346 e. The number of aromatic nitrogens is 1. The van der Waals surface area contributed by atoms with Gasteiger partial charge in [-0.15, -0.1) is 0 Å². The van der Waals surface area contributed by atoms with Crippen LogP contribution in [0.15, 0.2) is 18.3 Å². The minimum absolute atomic E-state index is 0.0548. The fourth-order valence-electron chi connectivity index (χ4n) is 2.10. The number of hydrogen-bond acceptors (Lipinski definition) is 1. The molecule has 2 rings (SSSR count). The first-order chi connectivity index (χ1) is 8.02. The Labute approximate surface area is 105 Å². The smallest absolute Gasteiger partial charge is 0.142 e. The zero-order valence-corrected chi connectivity index (χ0v) is 10.8. The van der Waals surface area contributed by atoms with Gasteiger partial charge >= 0.3 is 0 Å². The van der Waals surface area contributed by atoms with Crippen molar-refractivity contribution in [3.05, 3.63) is 34.7 Å². The first-order valence-electron chi connectivity index (χ1n) is 5.75. The predicted octanol–water partition coefficient (Wildman–Crippen LogP) is 3.34. The summed E-state index contributed by atoms with van der Waals surface area (Å²) in [5.41, 5.74) is 7.88. The SMILES string of the molecule is CCc1cn(C[C@H](C)N)c2cc(Cl)c(F)cc12. The first kappa shape index (κ1) is 12.4. The first-order valence-corrected chi connectivity index (χ1v) is 6.13. The largest absolute Gasteiger partial charge is 0.346 e. The van der Waals surface area contributed by atoms with Crippen molar-refractivity contribution in [3.8, 4) is 0 Å². The molecule has 1 atom stereocenters. The maximum atomic E-state index is 13.5. The quantitative estimate of drug-likeness (QED) is 0.895. The van der Waals surface area contributed by atoms with Gasteiger partial charge in [-0.25, -0.2) is 4.39 Å². The molecule has 0 saturated carbocycles. The second kappa shape index (κ2) is 4.67. The Morgan fingerprint density at radius 3 is 2.76 bits per heavy atom. The zero-order chi connectivity index (χ0) is 12.6. The number of halogens is 2. The molecule has 1 aromatic heterocycles. The van der Waals surface area contributed by atoms with Crippen LogP contribution in [0.5, 0.6) is 0 Å². The number of nitrogens with zero attached hydrogens (tertiary/aromatic N) is 1. The highest BCUT2D eigenvalue weighted by Crippen LogP contribution is 2.27. The van der Waals surface area contributed by atoms with Gasteiger partial charge in [-0.2, -0.15) is 0 Å². The molecule has 0 aliphatic rings. The second-order valence-corrected chi connectivity index (χ2v) is 4.83. The highest BCUT2D eigenvalue weighted by molar-refractivity contribution is 6.31. The van der Waals surface area contributed by atoms with Gasteiger partial charge in [0.05, 0.1) is 10.5 Å². The Kier molecular flexibility index (Phi) is 3.40. The number of benzene rings is 1. The fourth-order valence-corrected chi connectivity index (χ4v) is 2.26. The summed E-state index contributed by atoms with van der Waals surface area (Å²) >= 11 is 5.83. The third-order valence-electron chi connectivity index (χ3n) is 2.87. The third kappa shape index (κ3) is 2.31. The molecule has 0 aliphatic heterocycles. The molecule has 2 N–H and O–H groups in total. The molecule has 0 fully saturated rings. The van der Waals surface area contributed by atoms with E-state index in [1.807, 2.05) is 17.7 Å². The standard InChI is InChI=1S/C13H16ClFN2/c1-3-9-7-17(6-8(2)16)13-5-11(14)12(15)4-10(9)13/h4-5,7-8H,3,6,16H2,1-2H3/t8-/m0/s1. The fraction of sp³-hybridized carbons (Fsp3) is 0.385. The van der Waals surface area contributed by atoms with Crippen LogP contribution < -0.4 is 5.73 Å². The zero-order valence-electron chi connectivity index (χ0n) is 10.0. The lowest BCUT2D eigenvalue weighted by atomic mass is 10.1. The molecule has 1 aromatic carbocycles. The van der Waals surface area contributed by atoms with Crippen LogP contribution in [0.1, 0.15) is 19.4 Å². The molecule has 0 unspecified atom stereocenters. The van der Waals surface area contributed by atoms with Gasteiger partial charge in [-0.1, -0.05) is 18.5 Å². The minimum atomic E-state index is -0.368. The molecule has 0 amide bonds. The number of aryl methyl sites for hydroxylation is 1. The van der Waals surface area contributed by atoms with Gasteiger partial charge in [-0.3, -0.25) is 0 Å². The van der Waals surface area contributed by atoms with Crippen LogP contribution in [0.3, 0.4) is 0 Å². The average Bonchev–Trinajstić information content (AvgIpc) is 2.57. The molecule has 4 heteroatoms. The normalized spacial score (nSPS) is 13.2. The van der Waals surface area contributed by atoms with Gasteiger partial charge in [0, 0.05) is 24.2 Å². The summed E-state index contributed by atoms with van der Waals surface area (Å²) in [4.78, 5) is 0. The molecule has 0 radical (unpaired) electrons. The number of nitrogens with two attached hydrogens (primary N) is 1. The molecule has 92 valence electrons. The third-order valence-corrected chi connectivity index (χ3v) is 3.16. The number of rotatable bonds is 3. The Balaban J connectivity index is 2.65. The summed E-state index contributed by atoms with van der Waals surface area (Å²) in [6.45, 7) is 4.71. The van der Waals surface area contributed by atoms with E-state index in [9.17, 15) is 4.39 Å². The van der Waals surface area contributed by atoms with Crippen molar-refractivity contribution in [2.45, 2.75) is 32.9 Å². The van der Waals surface area contributed by atoms with Gasteiger partial charge in [0.2, 0.25) is 0 Å². The number of hydrogen-bond donors (Lipinski definition) is 1. The average molecular weight is 255 g/mol. The van der Waals surface area contributed by atoms with Crippen LogP contribution >= 0.6 is 11.6 Å². The van der Waals surface area contributed by atoms with Crippen molar-refractivity contribution in [2.24, 2.45) is 5.73 Å². The summed E-state index contributed by atoms with van der Waals surface area (Å²) in [5, 5.41) is 1.08. The van der Waals surface area contributed by atoms with Crippen LogP contribution in [-0.4, -0.2) is 10.6 Å². The molecule has 0 bridgehead atoms. The molecular weight excluding hydrogens is 239 g/mol. The Hall–Kier alpha value is -1.06. The molecular formula is C13H16ClFN2. The van der Waals surface area contributed by atoms with E-state index < -0.39 is 0 Å². The molecule has 0 aliphatic carbocycles. The maximum Gasteiger partial charge on any atom is 0.142 e. The van der Waals surface area contributed by atoms with E-state index in [-0.39, 0.29) is 16.9 Å². The van der Waals surface area contributed by atoms with Crippen LogP contribution in [0.4, 0.5) is 4.39 Å². The van der Waals surface area contributed by atoms with Crippen molar-refractivity contribution in [1.82, 2.24) is 4.57 Å². The van der Waals surface area contributed by atoms with Crippen LogP contribution in [0.25, 0.3) is 10.9 Å².